The maximum absolute atomic E-state index is 12.7. The Balaban J connectivity index is 2.03. The second-order valence-corrected chi connectivity index (χ2v) is 6.21. The van der Waals surface area contributed by atoms with Crippen molar-refractivity contribution < 1.29 is 19.4 Å². The zero-order valence-corrected chi connectivity index (χ0v) is 13.8. The van der Waals surface area contributed by atoms with E-state index in [1.165, 1.54) is 5.56 Å². The summed E-state index contributed by atoms with van der Waals surface area (Å²) >= 11 is 0. The van der Waals surface area contributed by atoms with Gasteiger partial charge in [0.05, 0.1) is 12.0 Å². The van der Waals surface area contributed by atoms with Crippen LogP contribution in [0.5, 0.6) is 0 Å². The lowest BCUT2D eigenvalue weighted by molar-refractivity contribution is -0.145. The first-order valence-electron chi connectivity index (χ1n) is 8.14. The van der Waals surface area contributed by atoms with Crippen molar-refractivity contribution in [1.82, 2.24) is 4.90 Å². The maximum atomic E-state index is 12.7. The highest BCUT2D eigenvalue weighted by Crippen LogP contribution is 2.34. The average molecular weight is 319 g/mol. The minimum absolute atomic E-state index is 0.0423. The first kappa shape index (κ1) is 17.5. The largest absolute Gasteiger partial charge is 0.481 e. The highest BCUT2D eigenvalue weighted by molar-refractivity contribution is 5.79. The summed E-state index contributed by atoms with van der Waals surface area (Å²) < 4.78 is 5.89. The van der Waals surface area contributed by atoms with Crippen molar-refractivity contribution in [3.05, 3.63) is 35.4 Å². The number of carboxylic acid groups (broad SMARTS) is 1. The third-order valence-corrected chi connectivity index (χ3v) is 4.31. The second kappa shape index (κ2) is 8.11. The number of aliphatic carboxylic acids is 1. The number of hydrogen-bond acceptors (Lipinski definition) is 3. The Hall–Kier alpha value is -1.88. The van der Waals surface area contributed by atoms with Gasteiger partial charge in [-0.1, -0.05) is 29.8 Å². The summed E-state index contributed by atoms with van der Waals surface area (Å²) in [5, 5.41) is 8.70. The van der Waals surface area contributed by atoms with E-state index < -0.39 is 5.97 Å². The van der Waals surface area contributed by atoms with Crippen molar-refractivity contribution in [3.63, 3.8) is 0 Å². The van der Waals surface area contributed by atoms with Crippen LogP contribution < -0.4 is 0 Å². The van der Waals surface area contributed by atoms with Crippen molar-refractivity contribution in [3.8, 4) is 0 Å². The number of aryl methyl sites for hydroxylation is 1. The molecule has 1 aromatic carbocycles. The van der Waals surface area contributed by atoms with Crippen LogP contribution in [0, 0.1) is 12.8 Å². The van der Waals surface area contributed by atoms with Gasteiger partial charge >= 0.3 is 5.97 Å². The molecule has 1 fully saturated rings. The van der Waals surface area contributed by atoms with Gasteiger partial charge in [-0.3, -0.25) is 9.59 Å². The molecule has 0 aliphatic carbocycles. The SMILES string of the molecule is Cc1ccc([C@@H]2OCCC[C@H]2C(=O)N(C)CCCC(=O)O)cc1. The number of ether oxygens (including phenoxy) is 1. The summed E-state index contributed by atoms with van der Waals surface area (Å²) in [5.41, 5.74) is 2.21. The van der Waals surface area contributed by atoms with E-state index in [-0.39, 0.29) is 24.3 Å². The molecule has 126 valence electrons. The normalized spacial score (nSPS) is 21.0. The van der Waals surface area contributed by atoms with Gasteiger partial charge in [-0.05, 0) is 31.7 Å². The molecule has 0 spiro atoms. The highest BCUT2D eigenvalue weighted by Gasteiger charge is 2.34. The molecule has 1 amide bonds. The second-order valence-electron chi connectivity index (χ2n) is 6.21. The van der Waals surface area contributed by atoms with E-state index in [0.717, 1.165) is 18.4 Å². The van der Waals surface area contributed by atoms with Crippen molar-refractivity contribution in [2.75, 3.05) is 20.2 Å². The van der Waals surface area contributed by atoms with E-state index in [0.29, 0.717) is 19.6 Å². The number of hydrogen-bond donors (Lipinski definition) is 1. The smallest absolute Gasteiger partial charge is 0.303 e. The molecule has 5 nitrogen and oxygen atoms in total. The summed E-state index contributed by atoms with van der Waals surface area (Å²) in [6.45, 7) is 3.16. The summed E-state index contributed by atoms with van der Waals surface area (Å²) in [7, 11) is 1.74. The number of rotatable bonds is 6. The molecule has 0 radical (unpaired) electrons. The van der Waals surface area contributed by atoms with Gasteiger partial charge in [0, 0.05) is 26.6 Å². The molecule has 1 aliphatic heterocycles. The van der Waals surface area contributed by atoms with Gasteiger partial charge in [0.1, 0.15) is 0 Å². The van der Waals surface area contributed by atoms with E-state index >= 15 is 0 Å². The summed E-state index contributed by atoms with van der Waals surface area (Å²) in [6, 6.07) is 8.11. The Morgan fingerprint density at radius 3 is 2.65 bits per heavy atom. The predicted molar refractivity (Wildman–Crippen MR) is 87.1 cm³/mol. The van der Waals surface area contributed by atoms with E-state index in [9.17, 15) is 9.59 Å². The fourth-order valence-electron chi connectivity index (χ4n) is 2.98. The highest BCUT2D eigenvalue weighted by atomic mass is 16.5. The number of amides is 1. The lowest BCUT2D eigenvalue weighted by Crippen LogP contribution is -2.39. The third kappa shape index (κ3) is 4.79. The molecule has 2 rings (SSSR count). The van der Waals surface area contributed by atoms with Gasteiger partial charge in [-0.2, -0.15) is 0 Å². The standard InChI is InChI=1S/C18H25NO4/c1-13-7-9-14(10-8-13)17-15(5-4-12-23-17)18(22)19(2)11-3-6-16(20)21/h7-10,15,17H,3-6,11-12H2,1-2H3,(H,20,21)/t15-,17+/m1/s1. The fraction of sp³-hybridized carbons (Fsp3) is 0.556. The Morgan fingerprint density at radius 2 is 2.00 bits per heavy atom. The lowest BCUT2D eigenvalue weighted by atomic mass is 9.88. The monoisotopic (exact) mass is 319 g/mol. The van der Waals surface area contributed by atoms with Crippen LogP contribution in [0.1, 0.15) is 42.9 Å². The van der Waals surface area contributed by atoms with Gasteiger partial charge in [0.15, 0.2) is 0 Å². The van der Waals surface area contributed by atoms with Crippen molar-refractivity contribution in [1.29, 1.82) is 0 Å². The fourth-order valence-corrected chi connectivity index (χ4v) is 2.98. The number of carbonyl (C=O) groups is 2. The van der Waals surface area contributed by atoms with E-state index in [2.05, 4.69) is 0 Å². The first-order valence-corrected chi connectivity index (χ1v) is 8.14. The summed E-state index contributed by atoms with van der Waals surface area (Å²) in [6.07, 6.45) is 2.03. The van der Waals surface area contributed by atoms with Gasteiger partial charge < -0.3 is 14.7 Å². The predicted octanol–water partition coefficient (Wildman–Crippen LogP) is 2.79. The Labute approximate surface area is 137 Å². The van der Waals surface area contributed by atoms with Crippen molar-refractivity contribution in [2.24, 2.45) is 5.92 Å². The van der Waals surface area contributed by atoms with Crippen molar-refractivity contribution in [2.45, 2.75) is 38.7 Å². The van der Waals surface area contributed by atoms with E-state index in [1.807, 2.05) is 31.2 Å². The number of carbonyl (C=O) groups excluding carboxylic acids is 1. The van der Waals surface area contributed by atoms with Gasteiger partial charge in [0.25, 0.3) is 0 Å². The third-order valence-electron chi connectivity index (χ3n) is 4.31. The van der Waals surface area contributed by atoms with Crippen LogP contribution in [0.3, 0.4) is 0 Å². The van der Waals surface area contributed by atoms with E-state index in [4.69, 9.17) is 9.84 Å². The summed E-state index contributed by atoms with van der Waals surface area (Å²) in [5.74, 6) is -0.980. The van der Waals surface area contributed by atoms with Crippen LogP contribution in [0.4, 0.5) is 0 Å². The molecule has 23 heavy (non-hydrogen) atoms. The molecule has 0 saturated carbocycles. The zero-order valence-electron chi connectivity index (χ0n) is 13.8. The summed E-state index contributed by atoms with van der Waals surface area (Å²) in [4.78, 5) is 25.0. The maximum Gasteiger partial charge on any atom is 0.303 e. The molecule has 0 unspecified atom stereocenters. The molecule has 1 heterocycles. The minimum Gasteiger partial charge on any atom is -0.481 e. The average Bonchev–Trinajstić information content (AvgIpc) is 2.54. The first-order chi connectivity index (χ1) is 11.0. The van der Waals surface area contributed by atoms with Crippen LogP contribution in [-0.4, -0.2) is 42.1 Å². The number of carboxylic acids is 1. The van der Waals surface area contributed by atoms with Crippen LogP contribution in [0.2, 0.25) is 0 Å². The Kier molecular flexibility index (Phi) is 6.16. The van der Waals surface area contributed by atoms with Crippen LogP contribution in [0.15, 0.2) is 24.3 Å². The van der Waals surface area contributed by atoms with Crippen LogP contribution in [0.25, 0.3) is 0 Å². The van der Waals surface area contributed by atoms with Gasteiger partial charge in [0.2, 0.25) is 5.91 Å². The lowest BCUT2D eigenvalue weighted by Gasteiger charge is -2.33. The van der Waals surface area contributed by atoms with E-state index in [1.54, 1.807) is 11.9 Å². The molecular formula is C18H25NO4. The van der Waals surface area contributed by atoms with Crippen LogP contribution >= 0.6 is 0 Å². The van der Waals surface area contributed by atoms with Gasteiger partial charge in [-0.25, -0.2) is 0 Å². The Morgan fingerprint density at radius 1 is 1.30 bits per heavy atom. The molecule has 5 heteroatoms. The molecular weight excluding hydrogens is 294 g/mol. The van der Waals surface area contributed by atoms with Crippen molar-refractivity contribution >= 4 is 11.9 Å². The minimum atomic E-state index is -0.829. The molecule has 0 bridgehead atoms. The molecule has 1 aromatic rings. The molecule has 1 N–H and O–H groups in total. The Bertz CT molecular complexity index is 540. The number of benzene rings is 1. The molecule has 2 atom stereocenters. The quantitative estimate of drug-likeness (QED) is 0.875. The zero-order chi connectivity index (χ0) is 16.8. The topological polar surface area (TPSA) is 66.8 Å². The number of nitrogens with zero attached hydrogens (tertiary/aromatic N) is 1. The molecule has 0 aromatic heterocycles. The molecule has 1 saturated heterocycles. The van der Waals surface area contributed by atoms with Gasteiger partial charge in [-0.15, -0.1) is 0 Å². The molecule has 1 aliphatic rings. The van der Waals surface area contributed by atoms with Crippen LogP contribution in [-0.2, 0) is 14.3 Å².